The maximum absolute atomic E-state index is 12.0. The number of thioether (sulfide) groups is 2. The van der Waals surface area contributed by atoms with Gasteiger partial charge in [-0.1, -0.05) is 0 Å². The predicted octanol–water partition coefficient (Wildman–Crippen LogP) is 2.69. The Balaban J connectivity index is 2.42. The van der Waals surface area contributed by atoms with E-state index in [4.69, 9.17) is 5.21 Å². The number of fused-ring (bicyclic) bond motifs is 1. The zero-order valence-electron chi connectivity index (χ0n) is 7.94. The van der Waals surface area contributed by atoms with Gasteiger partial charge in [0.05, 0.1) is 4.91 Å². The van der Waals surface area contributed by atoms with Crippen molar-refractivity contribution in [3.05, 3.63) is 31.8 Å². The first kappa shape index (κ1) is 11.1. The monoisotopic (exact) mass is 259 g/mol. The number of allylic oxidation sites excluding steroid dienone is 1. The van der Waals surface area contributed by atoms with Crippen LogP contribution in [0.2, 0.25) is 0 Å². The molecule has 0 aromatic carbocycles. The van der Waals surface area contributed by atoms with Crippen molar-refractivity contribution in [2.75, 3.05) is 6.26 Å². The summed E-state index contributed by atoms with van der Waals surface area (Å²) in [6, 6.07) is 1.84. The molecule has 0 radical (unpaired) electrons. The quantitative estimate of drug-likeness (QED) is 0.631. The Morgan fingerprint density at radius 3 is 3.13 bits per heavy atom. The highest BCUT2D eigenvalue weighted by Crippen LogP contribution is 2.38. The molecule has 1 aliphatic rings. The topological polar surface area (TPSA) is 49.3 Å². The fraction of sp³-hybridized carbons (Fsp3) is 0.222. The smallest absolute Gasteiger partial charge is 0.203 e. The second-order valence-corrected chi connectivity index (χ2v) is 5.65. The molecule has 2 rings (SSSR count). The lowest BCUT2D eigenvalue weighted by atomic mass is 10.1. The van der Waals surface area contributed by atoms with E-state index in [2.05, 4.69) is 5.48 Å². The van der Waals surface area contributed by atoms with Crippen LogP contribution in [0, 0.1) is 0 Å². The Hall–Kier alpha value is -0.430. The van der Waals surface area contributed by atoms with E-state index in [1.807, 2.05) is 17.7 Å². The molecule has 0 bridgehead atoms. The Morgan fingerprint density at radius 1 is 1.67 bits per heavy atom. The fourth-order valence-corrected chi connectivity index (χ4v) is 4.09. The van der Waals surface area contributed by atoms with Crippen LogP contribution in [0.4, 0.5) is 0 Å². The standard InChI is InChI=1S/C9H9NO2S3/c1-13-9(10-12)8-7(11)5-2-3-14-6(5)4-15-8/h2-3,10,12H,4H2,1H3/b9-8+. The van der Waals surface area contributed by atoms with Gasteiger partial charge < -0.3 is 0 Å². The molecule has 1 aromatic rings. The zero-order valence-corrected chi connectivity index (χ0v) is 10.4. The third kappa shape index (κ3) is 1.94. The van der Waals surface area contributed by atoms with Crippen LogP contribution in [-0.4, -0.2) is 17.2 Å². The molecule has 15 heavy (non-hydrogen) atoms. The first-order chi connectivity index (χ1) is 7.27. The van der Waals surface area contributed by atoms with E-state index in [1.54, 1.807) is 11.3 Å². The van der Waals surface area contributed by atoms with Gasteiger partial charge in [0.2, 0.25) is 5.78 Å². The van der Waals surface area contributed by atoms with Crippen LogP contribution in [-0.2, 0) is 5.75 Å². The molecular weight excluding hydrogens is 250 g/mol. The molecule has 2 heterocycles. The number of ketones is 1. The van der Waals surface area contributed by atoms with Crippen molar-refractivity contribution in [2.45, 2.75) is 5.75 Å². The summed E-state index contributed by atoms with van der Waals surface area (Å²) in [6.45, 7) is 0. The number of hydroxylamine groups is 1. The van der Waals surface area contributed by atoms with Crippen molar-refractivity contribution in [3.63, 3.8) is 0 Å². The number of hydrogen-bond donors (Lipinski definition) is 2. The Morgan fingerprint density at radius 2 is 2.47 bits per heavy atom. The van der Waals surface area contributed by atoms with Crippen LogP contribution < -0.4 is 5.48 Å². The van der Waals surface area contributed by atoms with Gasteiger partial charge in [0, 0.05) is 16.2 Å². The fourth-order valence-electron chi connectivity index (χ4n) is 1.34. The normalized spacial score (nSPS) is 18.7. The highest BCUT2D eigenvalue weighted by atomic mass is 32.2. The summed E-state index contributed by atoms with van der Waals surface area (Å²) in [7, 11) is 0. The summed E-state index contributed by atoms with van der Waals surface area (Å²) in [5, 5.41) is 11.4. The number of Topliss-reactive ketones (excluding diaryl/α,β-unsaturated/α-hetero) is 1. The van der Waals surface area contributed by atoms with Gasteiger partial charge in [-0.05, 0) is 17.7 Å². The van der Waals surface area contributed by atoms with E-state index in [1.165, 1.54) is 23.5 Å². The van der Waals surface area contributed by atoms with Crippen LogP contribution >= 0.6 is 34.9 Å². The second-order valence-electron chi connectivity index (χ2n) is 2.85. The molecule has 3 nitrogen and oxygen atoms in total. The van der Waals surface area contributed by atoms with Gasteiger partial charge in [0.1, 0.15) is 5.03 Å². The van der Waals surface area contributed by atoms with Gasteiger partial charge >= 0.3 is 0 Å². The lowest BCUT2D eigenvalue weighted by molar-refractivity contribution is 0.103. The van der Waals surface area contributed by atoms with Crippen LogP contribution in [0.15, 0.2) is 21.4 Å². The lowest BCUT2D eigenvalue weighted by Crippen LogP contribution is -2.14. The van der Waals surface area contributed by atoms with E-state index >= 15 is 0 Å². The van der Waals surface area contributed by atoms with Crippen molar-refractivity contribution in [1.82, 2.24) is 5.48 Å². The van der Waals surface area contributed by atoms with Gasteiger partial charge in [-0.2, -0.15) is 0 Å². The molecule has 0 saturated heterocycles. The van der Waals surface area contributed by atoms with E-state index < -0.39 is 0 Å². The minimum Gasteiger partial charge on any atom is -0.291 e. The van der Waals surface area contributed by atoms with Gasteiger partial charge in [-0.25, -0.2) is 0 Å². The van der Waals surface area contributed by atoms with Crippen LogP contribution in [0.3, 0.4) is 0 Å². The molecular formula is C9H9NO2S3. The highest BCUT2D eigenvalue weighted by Gasteiger charge is 2.26. The summed E-state index contributed by atoms with van der Waals surface area (Å²) in [5.41, 5.74) is 2.85. The number of hydrogen-bond acceptors (Lipinski definition) is 6. The average molecular weight is 259 g/mol. The zero-order chi connectivity index (χ0) is 10.8. The largest absolute Gasteiger partial charge is 0.291 e. The molecule has 0 saturated carbocycles. The maximum atomic E-state index is 12.0. The summed E-state index contributed by atoms with van der Waals surface area (Å²) in [4.78, 5) is 13.7. The number of carbonyl (C=O) groups is 1. The summed E-state index contributed by atoms with van der Waals surface area (Å²) in [5.74, 6) is 0.813. The first-order valence-corrected chi connectivity index (χ1v) is 7.29. The van der Waals surface area contributed by atoms with Gasteiger partial charge in [-0.15, -0.1) is 34.9 Å². The van der Waals surface area contributed by atoms with E-state index in [0.29, 0.717) is 9.93 Å². The average Bonchev–Trinajstić information content (AvgIpc) is 2.71. The van der Waals surface area contributed by atoms with Crippen molar-refractivity contribution in [2.24, 2.45) is 0 Å². The highest BCUT2D eigenvalue weighted by molar-refractivity contribution is 8.06. The summed E-state index contributed by atoms with van der Waals surface area (Å²) in [6.07, 6.45) is 1.82. The molecule has 6 heteroatoms. The minimum atomic E-state index is 0.00778. The molecule has 0 spiro atoms. The molecule has 1 aromatic heterocycles. The SMILES string of the molecule is CS/C(NO)=C1/SCc2sccc2C1=O. The Bertz CT molecular complexity index is 419. The third-order valence-corrected chi connectivity index (χ3v) is 5.10. The maximum Gasteiger partial charge on any atom is 0.203 e. The number of thiophene rings is 1. The van der Waals surface area contributed by atoms with E-state index in [-0.39, 0.29) is 5.78 Å². The van der Waals surface area contributed by atoms with Crippen molar-refractivity contribution in [1.29, 1.82) is 0 Å². The molecule has 0 amide bonds. The van der Waals surface area contributed by atoms with Crippen LogP contribution in [0.1, 0.15) is 15.2 Å². The summed E-state index contributed by atoms with van der Waals surface area (Å²) >= 11 is 4.41. The number of nitrogens with one attached hydrogen (secondary N) is 1. The lowest BCUT2D eigenvalue weighted by Gasteiger charge is -2.15. The number of rotatable bonds is 2. The molecule has 0 unspecified atom stereocenters. The Kier molecular flexibility index (Phi) is 3.40. The third-order valence-electron chi connectivity index (χ3n) is 2.06. The molecule has 0 aliphatic carbocycles. The molecule has 80 valence electrons. The van der Waals surface area contributed by atoms with Crippen molar-refractivity contribution >= 4 is 40.6 Å². The van der Waals surface area contributed by atoms with E-state index in [9.17, 15) is 4.79 Å². The van der Waals surface area contributed by atoms with Crippen molar-refractivity contribution in [3.8, 4) is 0 Å². The molecule has 0 atom stereocenters. The molecule has 0 fully saturated rings. The number of carbonyl (C=O) groups excluding carboxylic acids is 1. The summed E-state index contributed by atoms with van der Waals surface area (Å²) < 4.78 is 0. The molecule has 1 aliphatic heterocycles. The van der Waals surface area contributed by atoms with Crippen molar-refractivity contribution < 1.29 is 10.0 Å². The predicted molar refractivity (Wildman–Crippen MR) is 65.4 cm³/mol. The minimum absolute atomic E-state index is 0.00778. The van der Waals surface area contributed by atoms with Gasteiger partial charge in [-0.3, -0.25) is 15.5 Å². The van der Waals surface area contributed by atoms with Crippen LogP contribution in [0.5, 0.6) is 0 Å². The first-order valence-electron chi connectivity index (χ1n) is 4.20. The van der Waals surface area contributed by atoms with E-state index in [0.717, 1.165) is 16.2 Å². The van der Waals surface area contributed by atoms with Gasteiger partial charge in [0.25, 0.3) is 0 Å². The second kappa shape index (κ2) is 4.61. The van der Waals surface area contributed by atoms with Gasteiger partial charge in [0.15, 0.2) is 0 Å². The van der Waals surface area contributed by atoms with Crippen LogP contribution in [0.25, 0.3) is 0 Å². The molecule has 2 N–H and O–H groups in total. The Labute approximate surface area is 99.9 Å².